The van der Waals surface area contributed by atoms with Crippen LogP contribution in [0.1, 0.15) is 0 Å². The van der Waals surface area contributed by atoms with Crippen LogP contribution >= 0.6 is 0 Å². The lowest BCUT2D eigenvalue weighted by molar-refractivity contribution is -0.134. The standard InChI is InChI=1S/C9H9FO5S/c1-15-7-3-2-6(10)4-8(7)16(13,14)5-9(11)12/h2-4H,5H2,1H3,(H,11,12). The Labute approximate surface area is 91.4 Å². The molecule has 0 aliphatic carbocycles. The predicted octanol–water partition coefficient (Wildman–Crippen LogP) is 0.693. The van der Waals surface area contributed by atoms with Crippen LogP contribution in [0.4, 0.5) is 4.39 Å². The molecule has 16 heavy (non-hydrogen) atoms. The minimum atomic E-state index is -4.09. The summed E-state index contributed by atoms with van der Waals surface area (Å²) in [6, 6.07) is 2.89. The number of aliphatic carboxylic acids is 1. The SMILES string of the molecule is COc1ccc(F)cc1S(=O)(=O)CC(=O)O. The molecule has 0 unspecified atom stereocenters. The fourth-order valence-corrected chi connectivity index (χ4v) is 2.36. The highest BCUT2D eigenvalue weighted by Crippen LogP contribution is 2.25. The van der Waals surface area contributed by atoms with E-state index in [1.807, 2.05) is 0 Å². The number of halogens is 1. The van der Waals surface area contributed by atoms with Gasteiger partial charge in [-0.2, -0.15) is 0 Å². The molecule has 0 atom stereocenters. The first-order valence-electron chi connectivity index (χ1n) is 4.15. The molecule has 1 aromatic carbocycles. The van der Waals surface area contributed by atoms with Crippen molar-refractivity contribution in [2.45, 2.75) is 4.90 Å². The molecule has 1 N–H and O–H groups in total. The molecule has 0 saturated carbocycles. The highest BCUT2D eigenvalue weighted by atomic mass is 32.2. The number of carboxylic acids is 1. The van der Waals surface area contributed by atoms with Crippen molar-refractivity contribution in [3.05, 3.63) is 24.0 Å². The van der Waals surface area contributed by atoms with Crippen molar-refractivity contribution in [1.29, 1.82) is 0 Å². The fraction of sp³-hybridized carbons (Fsp3) is 0.222. The molecule has 0 spiro atoms. The van der Waals surface area contributed by atoms with Crippen molar-refractivity contribution < 1.29 is 27.4 Å². The summed E-state index contributed by atoms with van der Waals surface area (Å²) in [5.41, 5.74) is 0. The maximum atomic E-state index is 12.9. The number of rotatable bonds is 4. The molecule has 7 heteroatoms. The van der Waals surface area contributed by atoms with Gasteiger partial charge in [-0.15, -0.1) is 0 Å². The molecular formula is C9H9FO5S. The van der Waals surface area contributed by atoms with E-state index in [1.54, 1.807) is 0 Å². The molecule has 0 fully saturated rings. The lowest BCUT2D eigenvalue weighted by Crippen LogP contribution is -2.16. The van der Waals surface area contributed by atoms with Crippen molar-refractivity contribution in [2.24, 2.45) is 0 Å². The minimum Gasteiger partial charge on any atom is -0.495 e. The van der Waals surface area contributed by atoms with Gasteiger partial charge in [-0.3, -0.25) is 4.79 Å². The summed E-state index contributed by atoms with van der Waals surface area (Å²) in [5.74, 6) is -3.47. The predicted molar refractivity (Wildman–Crippen MR) is 52.6 cm³/mol. The van der Waals surface area contributed by atoms with Crippen molar-refractivity contribution in [2.75, 3.05) is 12.9 Å². The smallest absolute Gasteiger partial charge is 0.319 e. The third kappa shape index (κ3) is 2.69. The van der Waals surface area contributed by atoms with E-state index in [4.69, 9.17) is 9.84 Å². The lowest BCUT2D eigenvalue weighted by Gasteiger charge is -2.07. The van der Waals surface area contributed by atoms with E-state index in [2.05, 4.69) is 0 Å². The molecule has 5 nitrogen and oxygen atoms in total. The fourth-order valence-electron chi connectivity index (χ4n) is 1.13. The van der Waals surface area contributed by atoms with Crippen LogP contribution in [0.3, 0.4) is 0 Å². The minimum absolute atomic E-state index is 0.0809. The van der Waals surface area contributed by atoms with E-state index in [1.165, 1.54) is 7.11 Å². The van der Waals surface area contributed by atoms with Crippen molar-refractivity contribution in [3.63, 3.8) is 0 Å². The van der Waals surface area contributed by atoms with Crippen molar-refractivity contribution >= 4 is 15.8 Å². The molecule has 1 rings (SSSR count). The van der Waals surface area contributed by atoms with E-state index in [0.717, 1.165) is 18.2 Å². The summed E-state index contributed by atoms with van der Waals surface area (Å²) in [6.45, 7) is 0. The zero-order valence-electron chi connectivity index (χ0n) is 8.31. The average molecular weight is 248 g/mol. The van der Waals surface area contributed by atoms with Crippen LogP contribution in [0.15, 0.2) is 23.1 Å². The first kappa shape index (κ1) is 12.4. The first-order chi connectivity index (χ1) is 7.36. The third-order valence-corrected chi connectivity index (χ3v) is 3.39. The molecule has 0 bridgehead atoms. The van der Waals surface area contributed by atoms with Crippen LogP contribution in [0, 0.1) is 5.82 Å². The van der Waals surface area contributed by atoms with Crippen LogP contribution in [0.5, 0.6) is 5.75 Å². The largest absolute Gasteiger partial charge is 0.495 e. The third-order valence-electron chi connectivity index (χ3n) is 1.77. The summed E-state index contributed by atoms with van der Waals surface area (Å²) < 4.78 is 40.7. The second-order valence-electron chi connectivity index (χ2n) is 2.95. The Hall–Kier alpha value is -1.63. The molecule has 0 heterocycles. The number of sulfone groups is 1. The highest BCUT2D eigenvalue weighted by molar-refractivity contribution is 7.92. The Kier molecular flexibility index (Phi) is 3.48. The number of methoxy groups -OCH3 is 1. The van der Waals surface area contributed by atoms with Crippen LogP contribution < -0.4 is 4.74 Å². The van der Waals surface area contributed by atoms with Gasteiger partial charge in [-0.1, -0.05) is 0 Å². The molecule has 1 aromatic rings. The summed E-state index contributed by atoms with van der Waals surface area (Å²) in [6.07, 6.45) is 0. The second kappa shape index (κ2) is 4.48. The van der Waals surface area contributed by atoms with Gasteiger partial charge in [0.1, 0.15) is 16.5 Å². The van der Waals surface area contributed by atoms with Crippen LogP contribution in [-0.4, -0.2) is 32.4 Å². The molecule has 0 radical (unpaired) electrons. The van der Waals surface area contributed by atoms with E-state index in [-0.39, 0.29) is 5.75 Å². The van der Waals surface area contributed by atoms with Gasteiger partial charge in [0.05, 0.1) is 7.11 Å². The molecule has 0 amide bonds. The summed E-state index contributed by atoms with van der Waals surface area (Å²) in [5, 5.41) is 8.43. The van der Waals surface area contributed by atoms with E-state index in [9.17, 15) is 17.6 Å². The number of carboxylic acid groups (broad SMARTS) is 1. The molecule has 88 valence electrons. The van der Waals surface area contributed by atoms with E-state index >= 15 is 0 Å². The van der Waals surface area contributed by atoms with Crippen LogP contribution in [0.25, 0.3) is 0 Å². The number of ether oxygens (including phenoxy) is 1. The number of carbonyl (C=O) groups is 1. The topological polar surface area (TPSA) is 80.7 Å². The highest BCUT2D eigenvalue weighted by Gasteiger charge is 2.23. The zero-order valence-corrected chi connectivity index (χ0v) is 9.12. The maximum Gasteiger partial charge on any atom is 0.319 e. The van der Waals surface area contributed by atoms with Gasteiger partial charge in [0, 0.05) is 0 Å². The van der Waals surface area contributed by atoms with E-state index < -0.39 is 32.3 Å². The lowest BCUT2D eigenvalue weighted by atomic mass is 10.3. The Bertz CT molecular complexity index is 509. The van der Waals surface area contributed by atoms with Gasteiger partial charge >= 0.3 is 5.97 Å². The summed E-state index contributed by atoms with van der Waals surface area (Å²) >= 11 is 0. The van der Waals surface area contributed by atoms with Gasteiger partial charge in [-0.05, 0) is 18.2 Å². The second-order valence-corrected chi connectivity index (χ2v) is 4.91. The number of benzene rings is 1. The Balaban J connectivity index is 3.31. The normalized spacial score (nSPS) is 11.1. The van der Waals surface area contributed by atoms with Crippen LogP contribution in [-0.2, 0) is 14.6 Å². The van der Waals surface area contributed by atoms with E-state index in [0.29, 0.717) is 0 Å². The monoisotopic (exact) mass is 248 g/mol. The average Bonchev–Trinajstić information content (AvgIpc) is 2.15. The summed E-state index contributed by atoms with van der Waals surface area (Å²) in [7, 11) is -2.87. The molecule has 0 aliphatic heterocycles. The van der Waals surface area contributed by atoms with Gasteiger partial charge < -0.3 is 9.84 Å². The van der Waals surface area contributed by atoms with Gasteiger partial charge in [0.2, 0.25) is 0 Å². The van der Waals surface area contributed by atoms with Crippen LogP contribution in [0.2, 0.25) is 0 Å². The number of hydrogen-bond acceptors (Lipinski definition) is 4. The van der Waals surface area contributed by atoms with Gasteiger partial charge in [0.15, 0.2) is 15.6 Å². The van der Waals surface area contributed by atoms with Gasteiger partial charge in [-0.25, -0.2) is 12.8 Å². The maximum absolute atomic E-state index is 12.9. The molecule has 0 aliphatic rings. The Morgan fingerprint density at radius 1 is 1.50 bits per heavy atom. The molecule has 0 saturated heterocycles. The molecule has 0 aromatic heterocycles. The van der Waals surface area contributed by atoms with Crippen molar-refractivity contribution in [1.82, 2.24) is 0 Å². The quantitative estimate of drug-likeness (QED) is 0.848. The molecular weight excluding hydrogens is 239 g/mol. The van der Waals surface area contributed by atoms with Crippen molar-refractivity contribution in [3.8, 4) is 5.75 Å². The number of hydrogen-bond donors (Lipinski definition) is 1. The Morgan fingerprint density at radius 3 is 2.62 bits per heavy atom. The first-order valence-corrected chi connectivity index (χ1v) is 5.80. The Morgan fingerprint density at radius 2 is 2.12 bits per heavy atom. The van der Waals surface area contributed by atoms with Gasteiger partial charge in [0.25, 0.3) is 0 Å². The summed E-state index contributed by atoms with van der Waals surface area (Å²) in [4.78, 5) is 9.90. The zero-order chi connectivity index (χ0) is 12.3.